The average Bonchev–Trinajstić information content (AvgIpc) is 3.09. The Morgan fingerprint density at radius 2 is 1.75 bits per heavy atom. The molecular weight excluding hydrogens is 390 g/mol. The summed E-state index contributed by atoms with van der Waals surface area (Å²) in [5, 5.41) is 5.27. The molecule has 3 rings (SSSR count). The van der Waals surface area contributed by atoms with Crippen LogP contribution in [0.1, 0.15) is 10.5 Å². The average molecular weight is 407 g/mol. The lowest BCUT2D eigenvalue weighted by Crippen LogP contribution is -2.42. The van der Waals surface area contributed by atoms with Crippen LogP contribution in [0.2, 0.25) is 5.02 Å². The SMILES string of the molecule is COc1ccc(-[n+]2[nH]oc(=O)c2C(=O)Nc2cc(Cl)c(OC)cc2OC)cc1. The Morgan fingerprint density at radius 3 is 2.36 bits per heavy atom. The van der Waals surface area contributed by atoms with E-state index in [2.05, 4.69) is 10.6 Å². The molecule has 9 nitrogen and oxygen atoms in total. The molecule has 10 heteroatoms. The normalized spacial score (nSPS) is 10.4. The van der Waals surface area contributed by atoms with Crippen molar-refractivity contribution in [2.24, 2.45) is 0 Å². The molecular formula is C18H17ClN3O6+. The maximum Gasteiger partial charge on any atom is 0.441 e. The lowest BCUT2D eigenvalue weighted by Gasteiger charge is -2.11. The summed E-state index contributed by atoms with van der Waals surface area (Å²) in [5.41, 5.74) is -0.345. The van der Waals surface area contributed by atoms with E-state index in [1.165, 1.54) is 38.1 Å². The van der Waals surface area contributed by atoms with E-state index >= 15 is 0 Å². The zero-order valence-corrected chi connectivity index (χ0v) is 16.0. The molecule has 146 valence electrons. The fraction of sp³-hybridized carbons (Fsp3) is 0.167. The van der Waals surface area contributed by atoms with Gasteiger partial charge >= 0.3 is 17.2 Å². The van der Waals surface area contributed by atoms with Gasteiger partial charge in [0.2, 0.25) is 5.69 Å². The summed E-state index contributed by atoms with van der Waals surface area (Å²) in [6, 6.07) is 9.67. The minimum atomic E-state index is -0.841. The summed E-state index contributed by atoms with van der Waals surface area (Å²) in [7, 11) is 4.43. The van der Waals surface area contributed by atoms with Crippen LogP contribution in [0, 0.1) is 0 Å². The first-order valence-corrected chi connectivity index (χ1v) is 8.37. The van der Waals surface area contributed by atoms with Crippen molar-refractivity contribution in [3.05, 3.63) is 57.5 Å². The molecule has 0 bridgehead atoms. The number of hydrogen-bond donors (Lipinski definition) is 2. The number of hydrogen-bond acceptors (Lipinski definition) is 6. The number of nitrogens with one attached hydrogen (secondary N) is 2. The van der Waals surface area contributed by atoms with Crippen molar-refractivity contribution in [1.82, 2.24) is 5.27 Å². The Balaban J connectivity index is 1.97. The first kappa shape index (κ1) is 19.3. The minimum Gasteiger partial charge on any atom is -0.497 e. The van der Waals surface area contributed by atoms with Crippen LogP contribution in [-0.2, 0) is 0 Å². The van der Waals surface area contributed by atoms with E-state index in [1.54, 1.807) is 24.3 Å². The van der Waals surface area contributed by atoms with Gasteiger partial charge in [-0.1, -0.05) is 11.6 Å². The summed E-state index contributed by atoms with van der Waals surface area (Å²) < 4.78 is 21.5. The van der Waals surface area contributed by atoms with E-state index in [-0.39, 0.29) is 16.4 Å². The number of anilines is 1. The highest BCUT2D eigenvalue weighted by atomic mass is 35.5. The van der Waals surface area contributed by atoms with Gasteiger partial charge in [0.15, 0.2) is 0 Å². The molecule has 0 spiro atoms. The first-order valence-electron chi connectivity index (χ1n) is 7.99. The predicted molar refractivity (Wildman–Crippen MR) is 99.9 cm³/mol. The standard InChI is InChI=1S/C18H16ClN3O6/c1-25-11-6-4-10(5-7-11)22-16(18(24)28-21-22)17(23)20-13-8-12(19)14(26-2)9-15(13)27-3/h4-9H,1-3H3,(H-,20,21,23,24)/p+1. The van der Waals surface area contributed by atoms with E-state index in [4.69, 9.17) is 30.3 Å². The number of carbonyl (C=O) groups excluding carboxylic acids is 1. The molecule has 0 saturated heterocycles. The predicted octanol–water partition coefficient (Wildman–Crippen LogP) is 2.18. The molecule has 0 atom stereocenters. The number of carbonyl (C=O) groups is 1. The van der Waals surface area contributed by atoms with Gasteiger partial charge in [-0.05, 0) is 28.2 Å². The van der Waals surface area contributed by atoms with Crippen LogP contribution < -0.4 is 29.8 Å². The maximum absolute atomic E-state index is 12.8. The van der Waals surface area contributed by atoms with E-state index in [9.17, 15) is 9.59 Å². The maximum atomic E-state index is 12.8. The van der Waals surface area contributed by atoms with Gasteiger partial charge in [0, 0.05) is 18.2 Å². The highest BCUT2D eigenvalue weighted by Crippen LogP contribution is 2.35. The van der Waals surface area contributed by atoms with Gasteiger partial charge in [0.25, 0.3) is 0 Å². The van der Waals surface area contributed by atoms with Crippen LogP contribution >= 0.6 is 11.6 Å². The third-order valence-electron chi connectivity index (χ3n) is 3.91. The quantitative estimate of drug-likeness (QED) is 0.608. The Labute approximate surface area is 164 Å². The van der Waals surface area contributed by atoms with Gasteiger partial charge in [-0.3, -0.25) is 9.32 Å². The molecule has 1 aromatic heterocycles. The number of ether oxygens (including phenoxy) is 3. The van der Waals surface area contributed by atoms with Crippen molar-refractivity contribution in [2.75, 3.05) is 26.6 Å². The van der Waals surface area contributed by atoms with E-state index < -0.39 is 11.5 Å². The molecule has 0 fully saturated rings. The Bertz CT molecular complexity index is 1060. The molecule has 1 amide bonds. The van der Waals surface area contributed by atoms with Crippen LogP contribution in [0.15, 0.2) is 45.7 Å². The summed E-state index contributed by atoms with van der Waals surface area (Å²) in [6.45, 7) is 0. The monoisotopic (exact) mass is 406 g/mol. The zero-order chi connectivity index (χ0) is 20.3. The molecule has 0 aliphatic rings. The lowest BCUT2D eigenvalue weighted by molar-refractivity contribution is -0.672. The second-order valence-electron chi connectivity index (χ2n) is 5.50. The van der Waals surface area contributed by atoms with Gasteiger partial charge < -0.3 is 19.5 Å². The molecule has 0 saturated carbocycles. The van der Waals surface area contributed by atoms with Gasteiger partial charge in [0.05, 0.1) is 32.0 Å². The number of H-pyrrole nitrogens is 1. The Kier molecular flexibility index (Phi) is 5.55. The highest BCUT2D eigenvalue weighted by Gasteiger charge is 2.31. The number of aromatic amines is 1. The van der Waals surface area contributed by atoms with Gasteiger partial charge in [0.1, 0.15) is 17.2 Å². The second kappa shape index (κ2) is 8.05. The molecule has 1 heterocycles. The number of halogens is 1. The summed E-state index contributed by atoms with van der Waals surface area (Å²) in [6.07, 6.45) is 0. The van der Waals surface area contributed by atoms with Crippen LogP contribution in [0.4, 0.5) is 5.69 Å². The molecule has 0 unspecified atom stereocenters. The van der Waals surface area contributed by atoms with Crippen LogP contribution in [0.3, 0.4) is 0 Å². The Hall–Kier alpha value is -3.46. The lowest BCUT2D eigenvalue weighted by atomic mass is 10.2. The number of rotatable bonds is 6. The van der Waals surface area contributed by atoms with E-state index in [0.29, 0.717) is 22.9 Å². The molecule has 0 radical (unpaired) electrons. The van der Waals surface area contributed by atoms with Crippen molar-refractivity contribution in [1.29, 1.82) is 0 Å². The van der Waals surface area contributed by atoms with Crippen molar-refractivity contribution in [2.45, 2.75) is 0 Å². The largest absolute Gasteiger partial charge is 0.497 e. The molecule has 0 aliphatic carbocycles. The van der Waals surface area contributed by atoms with Crippen molar-refractivity contribution < 1.29 is 28.2 Å². The summed E-state index contributed by atoms with van der Waals surface area (Å²) in [4.78, 5) is 24.9. The number of benzene rings is 2. The molecule has 2 N–H and O–H groups in total. The van der Waals surface area contributed by atoms with Gasteiger partial charge in [-0.25, -0.2) is 4.79 Å². The third-order valence-corrected chi connectivity index (χ3v) is 4.21. The fourth-order valence-electron chi connectivity index (χ4n) is 2.52. The topological polar surface area (TPSA) is 107 Å². The second-order valence-corrected chi connectivity index (χ2v) is 5.91. The Morgan fingerprint density at radius 1 is 1.07 bits per heavy atom. The van der Waals surface area contributed by atoms with Gasteiger partial charge in [-0.2, -0.15) is 0 Å². The fourth-order valence-corrected chi connectivity index (χ4v) is 2.76. The van der Waals surface area contributed by atoms with Crippen molar-refractivity contribution in [3.8, 4) is 22.9 Å². The van der Waals surface area contributed by atoms with Crippen LogP contribution in [0.25, 0.3) is 5.69 Å². The molecule has 2 aromatic carbocycles. The molecule has 3 aromatic rings. The molecule has 28 heavy (non-hydrogen) atoms. The van der Waals surface area contributed by atoms with E-state index in [0.717, 1.165) is 0 Å². The zero-order valence-electron chi connectivity index (χ0n) is 15.2. The highest BCUT2D eigenvalue weighted by molar-refractivity contribution is 6.32. The van der Waals surface area contributed by atoms with Gasteiger partial charge in [-0.15, -0.1) is 0 Å². The minimum absolute atomic E-state index is 0.264. The number of nitrogens with zero attached hydrogens (tertiary/aromatic N) is 1. The molecule has 0 aliphatic heterocycles. The first-order chi connectivity index (χ1) is 13.5. The van der Waals surface area contributed by atoms with Crippen molar-refractivity contribution in [3.63, 3.8) is 0 Å². The summed E-state index contributed by atoms with van der Waals surface area (Å²) in [5.74, 6) is 0.598. The van der Waals surface area contributed by atoms with Crippen LogP contribution in [0.5, 0.6) is 17.2 Å². The van der Waals surface area contributed by atoms with Crippen molar-refractivity contribution >= 4 is 23.2 Å². The number of methoxy groups -OCH3 is 3. The number of amides is 1. The summed E-state index contributed by atoms with van der Waals surface area (Å²) >= 11 is 6.12. The van der Waals surface area contributed by atoms with Crippen LogP contribution in [-0.4, -0.2) is 32.5 Å². The number of aromatic nitrogens is 2. The third kappa shape index (κ3) is 3.65. The smallest absolute Gasteiger partial charge is 0.441 e. The van der Waals surface area contributed by atoms with E-state index in [1.807, 2.05) is 0 Å².